The highest BCUT2D eigenvalue weighted by Gasteiger charge is 2.42. The highest BCUT2D eigenvalue weighted by Crippen LogP contribution is 2.27. The van der Waals surface area contributed by atoms with Gasteiger partial charge in [-0.15, -0.1) is 0 Å². The maximum absolute atomic E-state index is 9.95. The highest BCUT2D eigenvalue weighted by molar-refractivity contribution is 5.27. The van der Waals surface area contributed by atoms with Crippen LogP contribution in [0.4, 0.5) is 0 Å². The van der Waals surface area contributed by atoms with E-state index in [0.29, 0.717) is 19.4 Å². The van der Waals surface area contributed by atoms with Gasteiger partial charge in [0.25, 0.3) is 0 Å². The number of aliphatic hydroxyl groups is 4. The first-order valence-electron chi connectivity index (χ1n) is 7.46. The molecule has 1 aliphatic rings. The normalized spacial score (nSPS) is 32.0. The summed E-state index contributed by atoms with van der Waals surface area (Å²) in [5, 5.41) is 38.7. The van der Waals surface area contributed by atoms with Crippen molar-refractivity contribution < 1.29 is 29.9 Å². The Morgan fingerprint density at radius 1 is 1.05 bits per heavy atom. The molecule has 0 saturated heterocycles. The zero-order valence-electron chi connectivity index (χ0n) is 12.6. The molecule has 0 heterocycles. The van der Waals surface area contributed by atoms with E-state index in [9.17, 15) is 20.4 Å². The largest absolute Gasteiger partial charge is 0.497 e. The Kier molecular flexibility index (Phi) is 6.16. The first kappa shape index (κ1) is 17.2. The van der Waals surface area contributed by atoms with E-state index in [1.807, 2.05) is 24.3 Å². The summed E-state index contributed by atoms with van der Waals surface area (Å²) in [4.78, 5) is 0. The van der Waals surface area contributed by atoms with Gasteiger partial charge in [-0.2, -0.15) is 0 Å². The number of ether oxygens (including phenoxy) is 2. The van der Waals surface area contributed by atoms with E-state index in [0.717, 1.165) is 11.3 Å². The van der Waals surface area contributed by atoms with Crippen LogP contribution in [-0.2, 0) is 11.2 Å². The molecule has 5 atom stereocenters. The fourth-order valence-corrected chi connectivity index (χ4v) is 2.75. The molecule has 0 aromatic heterocycles. The molecule has 6 heteroatoms. The Bertz CT molecular complexity index is 446. The van der Waals surface area contributed by atoms with Crippen molar-refractivity contribution in [3.8, 4) is 5.75 Å². The molecule has 0 spiro atoms. The smallest absolute Gasteiger partial charge is 0.118 e. The van der Waals surface area contributed by atoms with Crippen molar-refractivity contribution >= 4 is 0 Å². The van der Waals surface area contributed by atoms with Gasteiger partial charge in [0.1, 0.15) is 18.0 Å². The molecule has 0 amide bonds. The van der Waals surface area contributed by atoms with Crippen LogP contribution in [0.3, 0.4) is 0 Å². The predicted molar refractivity (Wildman–Crippen MR) is 79.7 cm³/mol. The third-order valence-corrected chi connectivity index (χ3v) is 4.22. The van der Waals surface area contributed by atoms with Crippen LogP contribution in [0, 0.1) is 5.92 Å². The van der Waals surface area contributed by atoms with Crippen molar-refractivity contribution in [2.24, 2.45) is 5.92 Å². The van der Waals surface area contributed by atoms with E-state index in [2.05, 4.69) is 0 Å². The minimum absolute atomic E-state index is 0.247. The van der Waals surface area contributed by atoms with Gasteiger partial charge in [-0.05, 0) is 30.5 Å². The molecule has 1 fully saturated rings. The summed E-state index contributed by atoms with van der Waals surface area (Å²) in [5.41, 5.74) is 1.07. The predicted octanol–water partition coefficient (Wildman–Crippen LogP) is -0.282. The topological polar surface area (TPSA) is 99.4 Å². The van der Waals surface area contributed by atoms with E-state index in [1.165, 1.54) is 0 Å². The number of methoxy groups -OCH3 is 1. The standard InChI is InChI=1S/C16H24O6/c1-21-12-4-2-10(3-5-12)6-7-22-13-8-11(9-17)14(18)16(20)15(13)19/h2-5,11,13-20H,6-9H2,1H3/t11-,13-,14-,15+,16+/m1/s1. The minimum atomic E-state index is -1.29. The number of rotatable bonds is 6. The summed E-state index contributed by atoms with van der Waals surface area (Å²) in [6, 6.07) is 7.61. The summed E-state index contributed by atoms with van der Waals surface area (Å²) < 4.78 is 10.7. The molecular weight excluding hydrogens is 288 g/mol. The van der Waals surface area contributed by atoms with Crippen molar-refractivity contribution in [1.29, 1.82) is 0 Å². The van der Waals surface area contributed by atoms with Gasteiger partial charge < -0.3 is 29.9 Å². The number of hydrogen-bond donors (Lipinski definition) is 4. The van der Waals surface area contributed by atoms with Crippen molar-refractivity contribution in [1.82, 2.24) is 0 Å². The van der Waals surface area contributed by atoms with Gasteiger partial charge in [-0.25, -0.2) is 0 Å². The second-order valence-electron chi connectivity index (χ2n) is 5.66. The molecule has 4 N–H and O–H groups in total. The second kappa shape index (κ2) is 7.89. The van der Waals surface area contributed by atoms with Gasteiger partial charge in [-0.1, -0.05) is 12.1 Å². The van der Waals surface area contributed by atoms with Gasteiger partial charge in [0.15, 0.2) is 0 Å². The summed E-state index contributed by atoms with van der Waals surface area (Å²) in [6.07, 6.45) is -3.17. The van der Waals surface area contributed by atoms with Gasteiger partial charge in [0.2, 0.25) is 0 Å². The van der Waals surface area contributed by atoms with Crippen LogP contribution in [0.5, 0.6) is 5.75 Å². The lowest BCUT2D eigenvalue weighted by molar-refractivity contribution is -0.177. The monoisotopic (exact) mass is 312 g/mol. The zero-order valence-corrected chi connectivity index (χ0v) is 12.6. The molecule has 1 aromatic carbocycles. The van der Waals surface area contributed by atoms with E-state index < -0.39 is 30.3 Å². The molecule has 0 bridgehead atoms. The van der Waals surface area contributed by atoms with E-state index in [4.69, 9.17) is 9.47 Å². The zero-order chi connectivity index (χ0) is 16.1. The Hall–Kier alpha value is -1.18. The average Bonchev–Trinajstić information content (AvgIpc) is 2.55. The quantitative estimate of drug-likeness (QED) is 0.576. The van der Waals surface area contributed by atoms with Gasteiger partial charge in [-0.3, -0.25) is 0 Å². The van der Waals surface area contributed by atoms with Gasteiger partial charge >= 0.3 is 0 Å². The fourth-order valence-electron chi connectivity index (χ4n) is 2.75. The van der Waals surface area contributed by atoms with Crippen molar-refractivity contribution in [2.75, 3.05) is 20.3 Å². The van der Waals surface area contributed by atoms with E-state index in [-0.39, 0.29) is 6.61 Å². The van der Waals surface area contributed by atoms with Gasteiger partial charge in [0, 0.05) is 12.5 Å². The molecule has 1 aliphatic carbocycles. The van der Waals surface area contributed by atoms with Crippen LogP contribution in [0.25, 0.3) is 0 Å². The van der Waals surface area contributed by atoms with Gasteiger partial charge in [0.05, 0.1) is 25.9 Å². The maximum atomic E-state index is 9.95. The Morgan fingerprint density at radius 2 is 1.73 bits per heavy atom. The summed E-state index contributed by atoms with van der Waals surface area (Å²) in [7, 11) is 1.61. The van der Waals surface area contributed by atoms with Crippen molar-refractivity contribution in [2.45, 2.75) is 37.3 Å². The van der Waals surface area contributed by atoms with Crippen LogP contribution in [0.1, 0.15) is 12.0 Å². The summed E-state index contributed by atoms with van der Waals surface area (Å²) in [6.45, 7) is 0.137. The van der Waals surface area contributed by atoms with Crippen LogP contribution < -0.4 is 4.74 Å². The van der Waals surface area contributed by atoms with E-state index in [1.54, 1.807) is 7.11 Å². The van der Waals surface area contributed by atoms with Crippen molar-refractivity contribution in [3.05, 3.63) is 29.8 Å². The summed E-state index contributed by atoms with van der Waals surface area (Å²) >= 11 is 0. The van der Waals surface area contributed by atoms with Crippen LogP contribution in [0.2, 0.25) is 0 Å². The Balaban J connectivity index is 1.84. The molecule has 2 rings (SSSR count). The molecule has 1 aromatic rings. The first-order valence-corrected chi connectivity index (χ1v) is 7.46. The number of benzene rings is 1. The molecular formula is C16H24O6. The fraction of sp³-hybridized carbons (Fsp3) is 0.625. The van der Waals surface area contributed by atoms with E-state index >= 15 is 0 Å². The molecule has 6 nitrogen and oxygen atoms in total. The van der Waals surface area contributed by atoms with Crippen LogP contribution in [-0.4, -0.2) is 65.2 Å². The number of hydrogen-bond acceptors (Lipinski definition) is 6. The van der Waals surface area contributed by atoms with Crippen LogP contribution in [0.15, 0.2) is 24.3 Å². The Labute approximate surface area is 129 Å². The molecule has 22 heavy (non-hydrogen) atoms. The average molecular weight is 312 g/mol. The molecule has 1 saturated carbocycles. The molecule has 0 radical (unpaired) electrons. The number of aliphatic hydroxyl groups excluding tert-OH is 4. The highest BCUT2D eigenvalue weighted by atomic mass is 16.5. The molecule has 124 valence electrons. The van der Waals surface area contributed by atoms with Crippen molar-refractivity contribution in [3.63, 3.8) is 0 Å². The molecule has 0 aliphatic heterocycles. The third-order valence-electron chi connectivity index (χ3n) is 4.22. The Morgan fingerprint density at radius 3 is 2.32 bits per heavy atom. The maximum Gasteiger partial charge on any atom is 0.118 e. The van der Waals surface area contributed by atoms with Crippen LogP contribution >= 0.6 is 0 Å². The first-order chi connectivity index (χ1) is 10.6. The third kappa shape index (κ3) is 3.97. The lowest BCUT2D eigenvalue weighted by Crippen LogP contribution is -2.55. The lowest BCUT2D eigenvalue weighted by Gasteiger charge is -2.39. The SMILES string of the molecule is COc1ccc(CCO[C@@H]2C[C@H](CO)[C@@H](O)[C@H](O)[C@H]2O)cc1. The lowest BCUT2D eigenvalue weighted by atomic mass is 9.81. The summed E-state index contributed by atoms with van der Waals surface area (Å²) in [5.74, 6) is 0.305. The molecule has 0 unspecified atom stereocenters. The second-order valence-corrected chi connectivity index (χ2v) is 5.66. The minimum Gasteiger partial charge on any atom is -0.497 e.